The maximum absolute atomic E-state index is 11.6. The number of carbonyl (C=O) groups is 1. The molecule has 1 rings (SSSR count). The standard InChI is InChI=1S/C12H16NO3P/c1-10-6-2-3-7-11(10)13-12(14)8-4-5-9-17(15)16/h2-3,6-7H,4-5,8-9H2,1H3,(H-,13,14,15,16)/p+1. The first kappa shape index (κ1) is 13.8. The molecule has 1 unspecified atom stereocenters. The molecule has 0 saturated heterocycles. The summed E-state index contributed by atoms with van der Waals surface area (Å²) in [5, 5.41) is 2.82. The van der Waals surface area contributed by atoms with E-state index in [1.807, 2.05) is 31.2 Å². The van der Waals surface area contributed by atoms with Crippen LogP contribution < -0.4 is 5.32 Å². The van der Waals surface area contributed by atoms with E-state index in [0.717, 1.165) is 11.3 Å². The number of unbranched alkanes of at least 4 members (excludes halogenated alkanes) is 1. The number of para-hydroxylation sites is 1. The van der Waals surface area contributed by atoms with Crippen LogP contribution in [-0.4, -0.2) is 17.0 Å². The summed E-state index contributed by atoms with van der Waals surface area (Å²) in [6, 6.07) is 7.59. The highest BCUT2D eigenvalue weighted by Crippen LogP contribution is 2.17. The lowest BCUT2D eigenvalue weighted by Gasteiger charge is -2.07. The molecule has 0 spiro atoms. The minimum absolute atomic E-state index is 0.0486. The first-order chi connectivity index (χ1) is 8.09. The van der Waals surface area contributed by atoms with Crippen LogP contribution in [0.25, 0.3) is 0 Å². The molecule has 0 aromatic heterocycles. The molecular formula is C12H17NO3P+. The van der Waals surface area contributed by atoms with E-state index in [-0.39, 0.29) is 12.1 Å². The van der Waals surface area contributed by atoms with Gasteiger partial charge in [0, 0.05) is 12.1 Å². The fourth-order valence-corrected chi connectivity index (χ4v) is 1.95. The first-order valence-corrected chi connectivity index (χ1v) is 6.98. The molecule has 1 aromatic carbocycles. The van der Waals surface area contributed by atoms with Crippen LogP contribution in [-0.2, 0) is 9.36 Å². The molecule has 5 heteroatoms. The summed E-state index contributed by atoms with van der Waals surface area (Å²) in [5.74, 6) is -0.0486. The Labute approximate surface area is 102 Å². The van der Waals surface area contributed by atoms with Crippen molar-refractivity contribution in [3.05, 3.63) is 29.8 Å². The minimum atomic E-state index is -2.07. The Morgan fingerprint density at radius 3 is 2.71 bits per heavy atom. The van der Waals surface area contributed by atoms with Crippen molar-refractivity contribution in [1.82, 2.24) is 0 Å². The topological polar surface area (TPSA) is 66.4 Å². The monoisotopic (exact) mass is 254 g/mol. The van der Waals surface area contributed by atoms with Gasteiger partial charge in [-0.15, -0.1) is 0 Å². The molecule has 0 radical (unpaired) electrons. The van der Waals surface area contributed by atoms with Gasteiger partial charge in [0.1, 0.15) is 0 Å². The number of nitrogens with one attached hydrogen (secondary N) is 1. The second-order valence-corrected chi connectivity index (χ2v) is 5.05. The lowest BCUT2D eigenvalue weighted by Crippen LogP contribution is -2.12. The second-order valence-electron chi connectivity index (χ2n) is 3.90. The highest BCUT2D eigenvalue weighted by Gasteiger charge is 2.10. The third kappa shape index (κ3) is 5.57. The molecular weight excluding hydrogens is 237 g/mol. The predicted octanol–water partition coefficient (Wildman–Crippen LogP) is 2.84. The van der Waals surface area contributed by atoms with E-state index in [4.69, 9.17) is 4.89 Å². The fourth-order valence-electron chi connectivity index (χ4n) is 1.46. The van der Waals surface area contributed by atoms with Crippen molar-refractivity contribution in [3.63, 3.8) is 0 Å². The molecule has 1 amide bonds. The van der Waals surface area contributed by atoms with Crippen LogP contribution in [0.2, 0.25) is 0 Å². The summed E-state index contributed by atoms with van der Waals surface area (Å²) in [6.07, 6.45) is 1.90. The van der Waals surface area contributed by atoms with Gasteiger partial charge in [-0.3, -0.25) is 4.79 Å². The maximum Gasteiger partial charge on any atom is 0.505 e. The van der Waals surface area contributed by atoms with Crippen LogP contribution in [0.15, 0.2) is 24.3 Å². The van der Waals surface area contributed by atoms with Crippen molar-refractivity contribution in [2.75, 3.05) is 11.5 Å². The normalized spacial score (nSPS) is 11.1. The van der Waals surface area contributed by atoms with Gasteiger partial charge in [0.2, 0.25) is 5.91 Å². The average molecular weight is 254 g/mol. The predicted molar refractivity (Wildman–Crippen MR) is 68.4 cm³/mol. The van der Waals surface area contributed by atoms with Crippen molar-refractivity contribution >= 4 is 19.6 Å². The number of amides is 1. The third-order valence-corrected chi connectivity index (χ3v) is 3.12. The van der Waals surface area contributed by atoms with Crippen molar-refractivity contribution in [2.24, 2.45) is 0 Å². The summed E-state index contributed by atoms with van der Waals surface area (Å²) in [5.41, 5.74) is 1.85. The molecule has 0 bridgehead atoms. The van der Waals surface area contributed by atoms with Crippen molar-refractivity contribution in [3.8, 4) is 0 Å². The highest BCUT2D eigenvalue weighted by atomic mass is 31.1. The van der Waals surface area contributed by atoms with Crippen LogP contribution in [0.1, 0.15) is 24.8 Å². The van der Waals surface area contributed by atoms with Crippen LogP contribution >= 0.6 is 8.03 Å². The first-order valence-electron chi connectivity index (χ1n) is 5.58. The number of anilines is 1. The van der Waals surface area contributed by atoms with Crippen LogP contribution in [0.5, 0.6) is 0 Å². The molecule has 0 aliphatic rings. The van der Waals surface area contributed by atoms with Gasteiger partial charge in [-0.2, -0.15) is 4.89 Å². The van der Waals surface area contributed by atoms with Gasteiger partial charge in [0.25, 0.3) is 0 Å². The van der Waals surface area contributed by atoms with E-state index in [1.165, 1.54) is 0 Å². The van der Waals surface area contributed by atoms with Gasteiger partial charge in [-0.25, -0.2) is 0 Å². The van der Waals surface area contributed by atoms with Crippen molar-refractivity contribution in [1.29, 1.82) is 0 Å². The molecule has 0 aliphatic carbocycles. The summed E-state index contributed by atoms with van der Waals surface area (Å²) >= 11 is 0. The minimum Gasteiger partial charge on any atom is -0.326 e. The van der Waals surface area contributed by atoms with E-state index in [1.54, 1.807) is 0 Å². The number of carbonyl (C=O) groups excluding carboxylic acids is 1. The molecule has 92 valence electrons. The molecule has 0 aliphatic heterocycles. The highest BCUT2D eigenvalue weighted by molar-refractivity contribution is 7.37. The zero-order valence-electron chi connectivity index (χ0n) is 9.85. The fraction of sp³-hybridized carbons (Fsp3) is 0.417. The average Bonchev–Trinajstić information content (AvgIpc) is 2.27. The van der Waals surface area contributed by atoms with Crippen LogP contribution in [0, 0.1) is 6.92 Å². The van der Waals surface area contributed by atoms with Gasteiger partial charge in [-0.1, -0.05) is 18.2 Å². The smallest absolute Gasteiger partial charge is 0.326 e. The molecule has 4 nitrogen and oxygen atoms in total. The quantitative estimate of drug-likeness (QED) is 0.606. The zero-order chi connectivity index (χ0) is 12.7. The molecule has 1 atom stereocenters. The van der Waals surface area contributed by atoms with Gasteiger partial charge in [-0.05, 0) is 36.0 Å². The van der Waals surface area contributed by atoms with E-state index in [0.29, 0.717) is 19.3 Å². The SMILES string of the molecule is Cc1ccccc1NC(=O)CCCC[P+](=O)O. The van der Waals surface area contributed by atoms with E-state index in [9.17, 15) is 9.36 Å². The Kier molecular flexibility index (Phi) is 5.81. The zero-order valence-corrected chi connectivity index (χ0v) is 10.7. The van der Waals surface area contributed by atoms with Gasteiger partial charge in [0.15, 0.2) is 6.16 Å². The summed E-state index contributed by atoms with van der Waals surface area (Å²) < 4.78 is 10.4. The number of rotatable bonds is 6. The number of hydrogen-bond acceptors (Lipinski definition) is 2. The van der Waals surface area contributed by atoms with Crippen LogP contribution in [0.3, 0.4) is 0 Å². The molecule has 0 heterocycles. The van der Waals surface area contributed by atoms with Gasteiger partial charge < -0.3 is 5.32 Å². The summed E-state index contributed by atoms with van der Waals surface area (Å²) in [4.78, 5) is 20.2. The Balaban J connectivity index is 2.30. The molecule has 0 fully saturated rings. The number of hydrogen-bond donors (Lipinski definition) is 2. The van der Waals surface area contributed by atoms with Crippen LogP contribution in [0.4, 0.5) is 5.69 Å². The third-order valence-electron chi connectivity index (χ3n) is 2.42. The van der Waals surface area contributed by atoms with Gasteiger partial charge >= 0.3 is 8.03 Å². The molecule has 17 heavy (non-hydrogen) atoms. The Morgan fingerprint density at radius 2 is 2.06 bits per heavy atom. The number of aryl methyl sites for hydroxylation is 1. The maximum atomic E-state index is 11.6. The molecule has 2 N–H and O–H groups in total. The van der Waals surface area contributed by atoms with Gasteiger partial charge in [0.05, 0.1) is 0 Å². The van der Waals surface area contributed by atoms with E-state index >= 15 is 0 Å². The lowest BCUT2D eigenvalue weighted by atomic mass is 10.2. The van der Waals surface area contributed by atoms with Crippen molar-refractivity contribution in [2.45, 2.75) is 26.2 Å². The largest absolute Gasteiger partial charge is 0.505 e. The molecule has 0 saturated carbocycles. The summed E-state index contributed by atoms with van der Waals surface area (Å²) in [6.45, 7) is 1.94. The van der Waals surface area contributed by atoms with E-state index < -0.39 is 8.03 Å². The Morgan fingerprint density at radius 1 is 1.35 bits per heavy atom. The lowest BCUT2D eigenvalue weighted by molar-refractivity contribution is -0.116. The number of benzene rings is 1. The Bertz CT molecular complexity index is 406. The van der Waals surface area contributed by atoms with E-state index in [2.05, 4.69) is 5.32 Å². The molecule has 1 aromatic rings. The second kappa shape index (κ2) is 7.15. The van der Waals surface area contributed by atoms with Crippen molar-refractivity contribution < 1.29 is 14.3 Å². The summed E-state index contributed by atoms with van der Waals surface area (Å²) in [7, 11) is -2.07. The Hall–Kier alpha value is -1.25.